The van der Waals surface area contributed by atoms with Crippen molar-refractivity contribution in [1.82, 2.24) is 4.90 Å². The minimum absolute atomic E-state index is 0.591. The van der Waals surface area contributed by atoms with Crippen LogP contribution in [0.25, 0.3) is 0 Å². The zero-order valence-corrected chi connectivity index (χ0v) is 6.85. The summed E-state index contributed by atoms with van der Waals surface area (Å²) in [4.78, 5) is 2.76. The van der Waals surface area contributed by atoms with Gasteiger partial charge in [-0.25, -0.2) is 0 Å². The third-order valence-electron chi connectivity index (χ3n) is 4.30. The molecule has 2 bridgehead atoms. The van der Waals surface area contributed by atoms with E-state index < -0.39 is 0 Å². The fourth-order valence-corrected chi connectivity index (χ4v) is 3.75. The van der Waals surface area contributed by atoms with Gasteiger partial charge >= 0.3 is 0 Å². The molecule has 0 amide bonds. The van der Waals surface area contributed by atoms with Gasteiger partial charge in [-0.3, -0.25) is 4.90 Å². The summed E-state index contributed by atoms with van der Waals surface area (Å²) < 4.78 is 0. The number of hydrogen-bond donors (Lipinski definition) is 0. The van der Waals surface area contributed by atoms with Crippen LogP contribution < -0.4 is 0 Å². The predicted molar refractivity (Wildman–Crippen MR) is 40.9 cm³/mol. The Kier molecular flexibility index (Phi) is 0.658. The Morgan fingerprint density at radius 1 is 1.20 bits per heavy atom. The molecule has 1 nitrogen and oxygen atoms in total. The molecule has 0 aromatic heterocycles. The highest BCUT2D eigenvalue weighted by Crippen LogP contribution is 2.68. The van der Waals surface area contributed by atoms with Crippen molar-refractivity contribution in [3.05, 3.63) is 0 Å². The first kappa shape index (κ1) is 5.59. The van der Waals surface area contributed by atoms with Gasteiger partial charge in [-0.2, -0.15) is 0 Å². The normalized spacial score (nSPS) is 60.6. The SMILES string of the molecule is CC1(C)N2C3CCC21CC3. The summed E-state index contributed by atoms with van der Waals surface area (Å²) in [6.45, 7) is 4.83. The highest BCUT2D eigenvalue weighted by Gasteiger charge is 2.76. The van der Waals surface area contributed by atoms with Gasteiger partial charge in [-0.15, -0.1) is 0 Å². The van der Waals surface area contributed by atoms with Gasteiger partial charge in [0.2, 0.25) is 0 Å². The smallest absolute Gasteiger partial charge is 0.0398 e. The van der Waals surface area contributed by atoms with E-state index in [9.17, 15) is 0 Å². The van der Waals surface area contributed by atoms with E-state index in [1.165, 1.54) is 25.7 Å². The Bertz CT molecular complexity index is 187. The maximum absolute atomic E-state index is 2.76. The lowest BCUT2D eigenvalue weighted by molar-refractivity contribution is 0.328. The molecular formula is C9H15N. The van der Waals surface area contributed by atoms with Crippen LogP contribution in [0.15, 0.2) is 0 Å². The van der Waals surface area contributed by atoms with Crippen LogP contribution in [0.5, 0.6) is 0 Å². The molecule has 56 valence electrons. The summed E-state index contributed by atoms with van der Waals surface area (Å²) in [5, 5.41) is 0. The second kappa shape index (κ2) is 1.18. The summed E-state index contributed by atoms with van der Waals surface area (Å²) >= 11 is 0. The molecule has 0 spiro atoms. The van der Waals surface area contributed by atoms with Gasteiger partial charge in [0.05, 0.1) is 0 Å². The molecule has 0 aromatic rings. The third kappa shape index (κ3) is 0.315. The third-order valence-corrected chi connectivity index (χ3v) is 4.30. The van der Waals surface area contributed by atoms with Crippen molar-refractivity contribution in [3.8, 4) is 0 Å². The first-order chi connectivity index (χ1) is 4.68. The highest BCUT2D eigenvalue weighted by atomic mass is 15.5. The largest absolute Gasteiger partial charge is 0.286 e. The molecule has 0 saturated carbocycles. The van der Waals surface area contributed by atoms with Gasteiger partial charge in [0, 0.05) is 17.1 Å². The molecule has 0 radical (unpaired) electrons. The number of rotatable bonds is 0. The number of nitrogens with zero attached hydrogens (tertiary/aromatic N) is 1. The Labute approximate surface area is 62.4 Å². The monoisotopic (exact) mass is 137 g/mol. The second-order valence-corrected chi connectivity index (χ2v) is 4.69. The van der Waals surface area contributed by atoms with Crippen LogP contribution in [0.3, 0.4) is 0 Å². The molecule has 1 heteroatoms. The Morgan fingerprint density at radius 2 is 1.80 bits per heavy atom. The first-order valence-electron chi connectivity index (χ1n) is 4.48. The van der Waals surface area contributed by atoms with Crippen molar-refractivity contribution in [2.24, 2.45) is 0 Å². The maximum Gasteiger partial charge on any atom is 0.0398 e. The van der Waals surface area contributed by atoms with Gasteiger partial charge in [0.1, 0.15) is 0 Å². The zero-order valence-electron chi connectivity index (χ0n) is 6.85. The van der Waals surface area contributed by atoms with E-state index >= 15 is 0 Å². The molecule has 10 heavy (non-hydrogen) atoms. The maximum atomic E-state index is 2.76. The molecule has 3 aliphatic heterocycles. The van der Waals surface area contributed by atoms with Gasteiger partial charge in [-0.1, -0.05) is 0 Å². The van der Waals surface area contributed by atoms with E-state index in [1.54, 1.807) is 0 Å². The van der Waals surface area contributed by atoms with Gasteiger partial charge in [0.25, 0.3) is 0 Å². The summed E-state index contributed by atoms with van der Waals surface area (Å²) in [6.07, 6.45) is 5.96. The lowest BCUT2D eigenvalue weighted by atomic mass is 9.81. The van der Waals surface area contributed by atoms with E-state index in [0.717, 1.165) is 6.04 Å². The molecule has 0 aliphatic carbocycles. The van der Waals surface area contributed by atoms with Crippen LogP contribution in [-0.4, -0.2) is 22.0 Å². The first-order valence-corrected chi connectivity index (χ1v) is 4.48. The van der Waals surface area contributed by atoms with Crippen molar-refractivity contribution < 1.29 is 0 Å². The van der Waals surface area contributed by atoms with E-state index in [-0.39, 0.29) is 0 Å². The summed E-state index contributed by atoms with van der Waals surface area (Å²) in [5.74, 6) is 0. The molecule has 0 N–H and O–H groups in total. The number of piperidine rings is 2. The highest BCUT2D eigenvalue weighted by molar-refractivity contribution is 5.33. The fraction of sp³-hybridized carbons (Fsp3) is 1.00. The topological polar surface area (TPSA) is 3.01 Å². The van der Waals surface area contributed by atoms with E-state index in [4.69, 9.17) is 0 Å². The molecule has 1 unspecified atom stereocenters. The Morgan fingerprint density at radius 3 is 2.00 bits per heavy atom. The van der Waals surface area contributed by atoms with Crippen molar-refractivity contribution in [1.29, 1.82) is 0 Å². The van der Waals surface area contributed by atoms with Crippen molar-refractivity contribution in [2.75, 3.05) is 0 Å². The standard InChI is InChI=1S/C9H15N/c1-8(2)9-5-3-7(4-6-9)10(8)9/h7H,3-6H2,1-2H3. The van der Waals surface area contributed by atoms with Crippen LogP contribution in [0.2, 0.25) is 0 Å². The van der Waals surface area contributed by atoms with Crippen LogP contribution >= 0.6 is 0 Å². The minimum Gasteiger partial charge on any atom is -0.286 e. The predicted octanol–water partition coefficient (Wildman–Crippen LogP) is 1.78. The van der Waals surface area contributed by atoms with Crippen molar-refractivity contribution >= 4 is 0 Å². The lowest BCUT2D eigenvalue weighted by Crippen LogP contribution is -2.28. The molecular weight excluding hydrogens is 122 g/mol. The average molecular weight is 137 g/mol. The van der Waals surface area contributed by atoms with E-state index in [1.807, 2.05) is 0 Å². The molecule has 3 heterocycles. The van der Waals surface area contributed by atoms with Crippen molar-refractivity contribution in [3.63, 3.8) is 0 Å². The van der Waals surface area contributed by atoms with Gasteiger partial charge in [-0.05, 0) is 39.5 Å². The van der Waals surface area contributed by atoms with E-state index in [2.05, 4.69) is 18.7 Å². The Balaban J connectivity index is 2.07. The van der Waals surface area contributed by atoms with Crippen LogP contribution in [0.4, 0.5) is 0 Å². The van der Waals surface area contributed by atoms with E-state index in [0.29, 0.717) is 11.1 Å². The van der Waals surface area contributed by atoms with Gasteiger partial charge < -0.3 is 0 Å². The summed E-state index contributed by atoms with van der Waals surface area (Å²) in [5.41, 5.74) is 1.30. The van der Waals surface area contributed by atoms with Crippen LogP contribution in [0, 0.1) is 0 Å². The second-order valence-electron chi connectivity index (χ2n) is 4.69. The fourth-order valence-electron chi connectivity index (χ4n) is 3.75. The molecule has 3 saturated heterocycles. The molecule has 3 aliphatic rings. The molecule has 3 fully saturated rings. The molecule has 3 rings (SSSR count). The van der Waals surface area contributed by atoms with Crippen LogP contribution in [0.1, 0.15) is 39.5 Å². The number of hydrogen-bond acceptors (Lipinski definition) is 1. The summed E-state index contributed by atoms with van der Waals surface area (Å²) in [7, 11) is 0. The molecule has 1 atom stereocenters. The quantitative estimate of drug-likeness (QED) is 0.460. The van der Waals surface area contributed by atoms with Crippen LogP contribution in [-0.2, 0) is 0 Å². The summed E-state index contributed by atoms with van der Waals surface area (Å²) in [6, 6.07) is 0.981. The lowest BCUT2D eigenvalue weighted by Gasteiger charge is -2.23. The minimum atomic E-state index is 0.591. The van der Waals surface area contributed by atoms with Gasteiger partial charge in [0.15, 0.2) is 0 Å². The molecule has 0 aromatic carbocycles. The zero-order chi connectivity index (χ0) is 6.98. The average Bonchev–Trinajstić information content (AvgIpc) is 2.38. The Hall–Kier alpha value is -0.0400. The van der Waals surface area contributed by atoms with Crippen molar-refractivity contribution in [2.45, 2.75) is 56.7 Å².